The molecule has 0 aromatic carbocycles. The van der Waals surface area contributed by atoms with Gasteiger partial charge in [-0.2, -0.15) is 0 Å². The molecule has 2 aromatic rings. The largest absolute Gasteiger partial charge is 0.385 e. The highest BCUT2D eigenvalue weighted by Crippen LogP contribution is 2.38. The van der Waals surface area contributed by atoms with Crippen LogP contribution in [-0.4, -0.2) is 37.1 Å². The van der Waals surface area contributed by atoms with Crippen LogP contribution in [0.15, 0.2) is 22.9 Å². The smallest absolute Gasteiger partial charge is 0.257 e. The summed E-state index contributed by atoms with van der Waals surface area (Å²) in [6.45, 7) is 1.14. The second-order valence-corrected chi connectivity index (χ2v) is 8.38. The Kier molecular flexibility index (Phi) is 6.98. The molecule has 1 aliphatic carbocycles. The Labute approximate surface area is 170 Å². The maximum atomic E-state index is 12.8. The van der Waals surface area contributed by atoms with Gasteiger partial charge in [0, 0.05) is 42.0 Å². The van der Waals surface area contributed by atoms with E-state index in [4.69, 9.17) is 4.74 Å². The first-order chi connectivity index (χ1) is 13.1. The summed E-state index contributed by atoms with van der Waals surface area (Å²) in [6.07, 6.45) is 7.90. The van der Waals surface area contributed by atoms with Gasteiger partial charge in [0.1, 0.15) is 5.00 Å². The number of pyridine rings is 1. The minimum absolute atomic E-state index is 0.131. The molecule has 6 nitrogen and oxygen atoms in total. The molecule has 2 heterocycles. The number of aromatic nitrogens is 1. The van der Waals surface area contributed by atoms with Crippen LogP contribution in [0.2, 0.25) is 0 Å². The van der Waals surface area contributed by atoms with E-state index in [-0.39, 0.29) is 11.8 Å². The van der Waals surface area contributed by atoms with Gasteiger partial charge in [0.15, 0.2) is 0 Å². The normalized spacial score (nSPS) is 13.1. The number of ether oxygens (including phenoxy) is 1. The van der Waals surface area contributed by atoms with Crippen LogP contribution >= 0.6 is 27.3 Å². The van der Waals surface area contributed by atoms with Crippen molar-refractivity contribution in [1.29, 1.82) is 0 Å². The number of halogens is 1. The quantitative estimate of drug-likeness (QED) is 0.627. The molecule has 2 N–H and O–H groups in total. The number of amides is 2. The molecule has 0 unspecified atom stereocenters. The lowest BCUT2D eigenvalue weighted by Gasteiger charge is -2.13. The topological polar surface area (TPSA) is 80.3 Å². The van der Waals surface area contributed by atoms with Crippen molar-refractivity contribution in [3.05, 3.63) is 44.5 Å². The molecular weight excluding hydrogens is 430 g/mol. The van der Waals surface area contributed by atoms with E-state index in [2.05, 4.69) is 31.5 Å². The van der Waals surface area contributed by atoms with Crippen molar-refractivity contribution in [1.82, 2.24) is 10.3 Å². The first kappa shape index (κ1) is 20.0. The Morgan fingerprint density at radius 3 is 2.85 bits per heavy atom. The number of nitrogens with zero attached hydrogens (tertiary/aromatic N) is 1. The van der Waals surface area contributed by atoms with Gasteiger partial charge in [0.05, 0.1) is 11.1 Å². The van der Waals surface area contributed by atoms with E-state index in [1.54, 1.807) is 19.4 Å². The van der Waals surface area contributed by atoms with Crippen molar-refractivity contribution in [3.63, 3.8) is 0 Å². The zero-order chi connectivity index (χ0) is 19.2. The lowest BCUT2D eigenvalue weighted by molar-refractivity contribution is 0.0948. The van der Waals surface area contributed by atoms with E-state index in [9.17, 15) is 9.59 Å². The van der Waals surface area contributed by atoms with Crippen LogP contribution < -0.4 is 10.6 Å². The summed E-state index contributed by atoms with van der Waals surface area (Å²) in [4.78, 5) is 30.7. The van der Waals surface area contributed by atoms with Crippen LogP contribution in [0.1, 0.15) is 50.4 Å². The molecule has 2 amide bonds. The average molecular weight is 452 g/mol. The summed E-state index contributed by atoms with van der Waals surface area (Å²) in [5.74, 6) is -0.399. The van der Waals surface area contributed by atoms with E-state index in [0.717, 1.165) is 42.1 Å². The van der Waals surface area contributed by atoms with Crippen LogP contribution in [-0.2, 0) is 17.6 Å². The van der Waals surface area contributed by atoms with Gasteiger partial charge in [-0.15, -0.1) is 11.3 Å². The molecule has 0 fully saturated rings. The summed E-state index contributed by atoms with van der Waals surface area (Å²) < 4.78 is 5.76. The van der Waals surface area contributed by atoms with E-state index < -0.39 is 0 Å². The monoisotopic (exact) mass is 451 g/mol. The molecule has 0 saturated carbocycles. The fraction of sp³-hybridized carbons (Fsp3) is 0.421. The minimum Gasteiger partial charge on any atom is -0.385 e. The van der Waals surface area contributed by atoms with E-state index >= 15 is 0 Å². The van der Waals surface area contributed by atoms with Crippen molar-refractivity contribution in [2.24, 2.45) is 0 Å². The molecule has 0 atom stereocenters. The average Bonchev–Trinajstić information content (AvgIpc) is 3.03. The second kappa shape index (κ2) is 9.43. The Hall–Kier alpha value is -1.77. The number of carbonyl (C=O) groups excluding carboxylic acids is 2. The number of thiophene rings is 1. The summed E-state index contributed by atoms with van der Waals surface area (Å²) >= 11 is 4.84. The van der Waals surface area contributed by atoms with Crippen LogP contribution in [0.4, 0.5) is 5.00 Å². The predicted octanol–water partition coefficient (Wildman–Crippen LogP) is 3.80. The van der Waals surface area contributed by atoms with Gasteiger partial charge in [-0.25, -0.2) is 0 Å². The molecule has 1 aliphatic rings. The minimum atomic E-state index is -0.268. The number of carbonyl (C=O) groups is 2. The van der Waals surface area contributed by atoms with Gasteiger partial charge in [-0.3, -0.25) is 14.6 Å². The number of anilines is 1. The lowest BCUT2D eigenvalue weighted by atomic mass is 9.95. The van der Waals surface area contributed by atoms with Crippen LogP contribution in [0, 0.1) is 0 Å². The standard InChI is InChI=1S/C19H22BrN3O3S/c1-26-8-4-7-22-18(25)16-14-5-2-3-6-15(14)27-19(16)23-17(24)12-9-13(20)11-21-10-12/h9-11H,2-8H2,1H3,(H,22,25)(H,23,24). The highest BCUT2D eigenvalue weighted by atomic mass is 79.9. The number of nitrogens with one attached hydrogen (secondary N) is 2. The van der Waals surface area contributed by atoms with E-state index in [1.807, 2.05) is 0 Å². The maximum Gasteiger partial charge on any atom is 0.257 e. The number of rotatable bonds is 7. The molecule has 0 radical (unpaired) electrons. The number of aryl methyl sites for hydroxylation is 1. The Balaban J connectivity index is 1.82. The second-order valence-electron chi connectivity index (χ2n) is 6.36. The van der Waals surface area contributed by atoms with Crippen molar-refractivity contribution in [3.8, 4) is 0 Å². The van der Waals surface area contributed by atoms with Crippen molar-refractivity contribution < 1.29 is 14.3 Å². The first-order valence-corrected chi connectivity index (χ1v) is 10.5. The molecular formula is C19H22BrN3O3S. The predicted molar refractivity (Wildman–Crippen MR) is 110 cm³/mol. The van der Waals surface area contributed by atoms with E-state index in [0.29, 0.717) is 29.3 Å². The lowest BCUT2D eigenvalue weighted by Crippen LogP contribution is -2.27. The summed E-state index contributed by atoms with van der Waals surface area (Å²) in [7, 11) is 1.64. The van der Waals surface area contributed by atoms with Crippen molar-refractivity contribution >= 4 is 44.1 Å². The molecule has 8 heteroatoms. The number of hydrogen-bond donors (Lipinski definition) is 2. The van der Waals surface area contributed by atoms with Crippen LogP contribution in [0.5, 0.6) is 0 Å². The molecule has 27 heavy (non-hydrogen) atoms. The third-order valence-electron chi connectivity index (χ3n) is 4.40. The van der Waals surface area contributed by atoms with Gasteiger partial charge in [-0.05, 0) is 59.7 Å². The zero-order valence-corrected chi connectivity index (χ0v) is 17.5. The highest BCUT2D eigenvalue weighted by Gasteiger charge is 2.26. The highest BCUT2D eigenvalue weighted by molar-refractivity contribution is 9.10. The van der Waals surface area contributed by atoms with Gasteiger partial charge in [0.25, 0.3) is 11.8 Å². The zero-order valence-electron chi connectivity index (χ0n) is 15.1. The molecule has 3 rings (SSSR count). The number of hydrogen-bond acceptors (Lipinski definition) is 5. The van der Waals surface area contributed by atoms with Crippen molar-refractivity contribution in [2.75, 3.05) is 25.6 Å². The van der Waals surface area contributed by atoms with Crippen LogP contribution in [0.25, 0.3) is 0 Å². The molecule has 0 saturated heterocycles. The number of methoxy groups -OCH3 is 1. The van der Waals surface area contributed by atoms with Gasteiger partial charge in [-0.1, -0.05) is 0 Å². The third kappa shape index (κ3) is 4.94. The van der Waals surface area contributed by atoms with Crippen LogP contribution in [0.3, 0.4) is 0 Å². The molecule has 2 aromatic heterocycles. The first-order valence-electron chi connectivity index (χ1n) is 8.93. The molecule has 144 valence electrons. The van der Waals surface area contributed by atoms with Crippen molar-refractivity contribution in [2.45, 2.75) is 32.1 Å². The fourth-order valence-electron chi connectivity index (χ4n) is 3.11. The summed E-state index contributed by atoms with van der Waals surface area (Å²) in [5, 5.41) is 6.50. The fourth-order valence-corrected chi connectivity index (χ4v) is 4.76. The van der Waals surface area contributed by atoms with Gasteiger partial charge in [0.2, 0.25) is 0 Å². The third-order valence-corrected chi connectivity index (χ3v) is 6.04. The Bertz CT molecular complexity index is 838. The Morgan fingerprint density at radius 2 is 2.07 bits per heavy atom. The van der Waals surface area contributed by atoms with E-state index in [1.165, 1.54) is 22.4 Å². The molecule has 0 bridgehead atoms. The Morgan fingerprint density at radius 1 is 1.26 bits per heavy atom. The maximum absolute atomic E-state index is 12.8. The van der Waals surface area contributed by atoms with Gasteiger partial charge >= 0.3 is 0 Å². The number of fused-ring (bicyclic) bond motifs is 1. The van der Waals surface area contributed by atoms with Gasteiger partial charge < -0.3 is 15.4 Å². The summed E-state index contributed by atoms with van der Waals surface area (Å²) in [5.41, 5.74) is 2.14. The SMILES string of the molecule is COCCCNC(=O)c1c(NC(=O)c2cncc(Br)c2)sc2c1CCCC2. The molecule has 0 spiro atoms. The summed E-state index contributed by atoms with van der Waals surface area (Å²) in [6, 6.07) is 1.71. The molecule has 0 aliphatic heterocycles.